The lowest BCUT2D eigenvalue weighted by Gasteiger charge is -2.28. The molecule has 2 N–H and O–H groups in total. The van der Waals surface area contributed by atoms with E-state index in [0.717, 1.165) is 21.7 Å². The summed E-state index contributed by atoms with van der Waals surface area (Å²) in [5, 5.41) is 25.6. The van der Waals surface area contributed by atoms with Gasteiger partial charge >= 0.3 is 0 Å². The maximum Gasteiger partial charge on any atom is 0.238 e. The van der Waals surface area contributed by atoms with Gasteiger partial charge < -0.3 is 5.11 Å². The largest absolute Gasteiger partial charge is 0.507 e. The minimum atomic E-state index is -0.207. The Morgan fingerprint density at radius 2 is 1.79 bits per heavy atom. The van der Waals surface area contributed by atoms with Gasteiger partial charge in [-0.25, -0.2) is 0 Å². The van der Waals surface area contributed by atoms with Gasteiger partial charge in [0.25, 0.3) is 0 Å². The third kappa shape index (κ3) is 4.22. The van der Waals surface area contributed by atoms with Crippen LogP contribution in [0.2, 0.25) is 0 Å². The summed E-state index contributed by atoms with van der Waals surface area (Å²) in [5.41, 5.74) is 2.34. The van der Waals surface area contributed by atoms with Crippen LogP contribution in [0.3, 0.4) is 0 Å². The van der Waals surface area contributed by atoms with Crippen molar-refractivity contribution >= 4 is 23.7 Å². The molecule has 1 fully saturated rings. The highest BCUT2D eigenvalue weighted by Crippen LogP contribution is 2.41. The first-order valence-electron chi connectivity index (χ1n) is 9.22. The van der Waals surface area contributed by atoms with E-state index in [9.17, 15) is 9.90 Å². The van der Waals surface area contributed by atoms with Gasteiger partial charge in [-0.3, -0.25) is 9.69 Å². The SMILES string of the molecule is CC(C)(C)c1cc(C=C2SCC(=O)N2Cc2nn[nH]n2)cc(C(C)(C)C)c1O. The van der Waals surface area contributed by atoms with Gasteiger partial charge in [0, 0.05) is 11.1 Å². The number of phenols is 1. The third-order valence-electron chi connectivity index (χ3n) is 4.64. The van der Waals surface area contributed by atoms with Crippen molar-refractivity contribution in [3.63, 3.8) is 0 Å². The molecule has 8 heteroatoms. The summed E-state index contributed by atoms with van der Waals surface area (Å²) in [4.78, 5) is 14.0. The summed E-state index contributed by atoms with van der Waals surface area (Å²) in [6.07, 6.45) is 2.00. The fourth-order valence-corrected chi connectivity index (χ4v) is 4.09. The molecular weight excluding hydrogens is 374 g/mol. The first kappa shape index (κ1) is 20.4. The van der Waals surface area contributed by atoms with Crippen molar-refractivity contribution in [2.75, 3.05) is 5.75 Å². The molecule has 3 rings (SSSR count). The van der Waals surface area contributed by atoms with E-state index in [1.165, 1.54) is 11.8 Å². The van der Waals surface area contributed by atoms with E-state index in [1.807, 2.05) is 18.2 Å². The molecule has 1 aliphatic heterocycles. The Kier molecular flexibility index (Phi) is 5.27. The van der Waals surface area contributed by atoms with Gasteiger partial charge in [0.05, 0.1) is 17.3 Å². The topological polar surface area (TPSA) is 95.0 Å². The zero-order valence-corrected chi connectivity index (χ0v) is 18.0. The number of aromatic nitrogens is 4. The highest BCUT2D eigenvalue weighted by Gasteiger charge is 2.29. The maximum absolute atomic E-state index is 12.3. The molecule has 0 unspecified atom stereocenters. The van der Waals surface area contributed by atoms with Crippen LogP contribution in [0.5, 0.6) is 5.75 Å². The molecule has 0 atom stereocenters. The van der Waals surface area contributed by atoms with Crippen LogP contribution < -0.4 is 0 Å². The van der Waals surface area contributed by atoms with E-state index in [0.29, 0.717) is 17.3 Å². The van der Waals surface area contributed by atoms with Crippen molar-refractivity contribution in [3.05, 3.63) is 39.7 Å². The number of amides is 1. The fourth-order valence-electron chi connectivity index (χ4n) is 3.12. The molecule has 0 bridgehead atoms. The van der Waals surface area contributed by atoms with Gasteiger partial charge in [-0.1, -0.05) is 58.5 Å². The van der Waals surface area contributed by atoms with Crippen LogP contribution in [-0.2, 0) is 22.2 Å². The molecule has 1 aromatic carbocycles. The second-order valence-corrected chi connectivity index (χ2v) is 10.0. The van der Waals surface area contributed by atoms with Gasteiger partial charge in [0.15, 0.2) is 5.82 Å². The number of aromatic hydroxyl groups is 1. The van der Waals surface area contributed by atoms with E-state index in [-0.39, 0.29) is 23.3 Å². The normalized spacial score (nSPS) is 17.0. The number of nitrogens with zero attached hydrogens (tertiary/aromatic N) is 4. The molecular formula is C20H27N5O2S. The Morgan fingerprint density at radius 1 is 1.18 bits per heavy atom. The molecule has 0 radical (unpaired) electrons. The highest BCUT2D eigenvalue weighted by atomic mass is 32.2. The molecule has 1 amide bonds. The monoisotopic (exact) mass is 401 g/mol. The summed E-state index contributed by atoms with van der Waals surface area (Å²) < 4.78 is 0. The Hall–Kier alpha value is -2.35. The number of hydrogen-bond acceptors (Lipinski definition) is 6. The summed E-state index contributed by atoms with van der Waals surface area (Å²) in [5.74, 6) is 1.23. The average Bonchev–Trinajstić information content (AvgIpc) is 3.19. The Labute approximate surface area is 169 Å². The van der Waals surface area contributed by atoms with Crippen LogP contribution in [-0.4, -0.2) is 42.3 Å². The quantitative estimate of drug-likeness (QED) is 0.816. The molecule has 1 aliphatic rings. The number of rotatable bonds is 3. The summed E-state index contributed by atoms with van der Waals surface area (Å²) >= 11 is 1.49. The van der Waals surface area contributed by atoms with Crippen molar-refractivity contribution < 1.29 is 9.90 Å². The number of aromatic amines is 1. The number of benzene rings is 1. The predicted octanol–water partition coefficient (Wildman–Crippen LogP) is 3.57. The van der Waals surface area contributed by atoms with Crippen LogP contribution >= 0.6 is 11.8 Å². The first-order chi connectivity index (χ1) is 13.0. The Bertz CT molecular complexity index is 873. The second-order valence-electron chi connectivity index (χ2n) is 9.04. The number of tetrazole rings is 1. The third-order valence-corrected chi connectivity index (χ3v) is 5.66. The average molecular weight is 402 g/mol. The van der Waals surface area contributed by atoms with E-state index in [1.54, 1.807) is 4.90 Å². The molecule has 1 aromatic heterocycles. The van der Waals surface area contributed by atoms with Crippen molar-refractivity contribution in [3.8, 4) is 5.75 Å². The van der Waals surface area contributed by atoms with Crippen LogP contribution in [0.1, 0.15) is 64.1 Å². The van der Waals surface area contributed by atoms with Crippen LogP contribution in [0.15, 0.2) is 17.2 Å². The molecule has 150 valence electrons. The molecule has 0 spiro atoms. The number of phenolic OH excluding ortho intramolecular Hbond substituents is 1. The zero-order chi connectivity index (χ0) is 20.7. The fraction of sp³-hybridized carbons (Fsp3) is 0.500. The summed E-state index contributed by atoms with van der Waals surface area (Å²) in [6, 6.07) is 4.01. The van der Waals surface area contributed by atoms with E-state index in [2.05, 4.69) is 62.2 Å². The molecule has 7 nitrogen and oxygen atoms in total. The number of H-pyrrole nitrogens is 1. The van der Waals surface area contributed by atoms with Crippen molar-refractivity contribution in [1.29, 1.82) is 0 Å². The maximum atomic E-state index is 12.3. The molecule has 0 saturated carbocycles. The van der Waals surface area contributed by atoms with Crippen LogP contribution in [0, 0.1) is 0 Å². The van der Waals surface area contributed by atoms with Gasteiger partial charge in [0.2, 0.25) is 5.91 Å². The summed E-state index contributed by atoms with van der Waals surface area (Å²) in [7, 11) is 0. The number of carbonyl (C=O) groups excluding carboxylic acids is 1. The van der Waals surface area contributed by atoms with Crippen LogP contribution in [0.4, 0.5) is 0 Å². The molecule has 2 heterocycles. The number of carbonyl (C=O) groups is 1. The van der Waals surface area contributed by atoms with Crippen LogP contribution in [0.25, 0.3) is 6.08 Å². The van der Waals surface area contributed by atoms with E-state index in [4.69, 9.17) is 0 Å². The van der Waals surface area contributed by atoms with Crippen molar-refractivity contribution in [1.82, 2.24) is 25.5 Å². The Balaban J connectivity index is 2.06. The predicted molar refractivity (Wildman–Crippen MR) is 111 cm³/mol. The van der Waals surface area contributed by atoms with Crippen molar-refractivity contribution in [2.45, 2.75) is 58.9 Å². The van der Waals surface area contributed by atoms with Crippen molar-refractivity contribution in [2.24, 2.45) is 0 Å². The van der Waals surface area contributed by atoms with E-state index < -0.39 is 0 Å². The molecule has 0 aliphatic carbocycles. The van der Waals surface area contributed by atoms with Gasteiger partial charge in [-0.05, 0) is 34.6 Å². The van der Waals surface area contributed by atoms with Gasteiger partial charge in [-0.2, -0.15) is 5.21 Å². The molecule has 1 saturated heterocycles. The number of nitrogens with one attached hydrogen (secondary N) is 1. The lowest BCUT2D eigenvalue weighted by atomic mass is 9.78. The zero-order valence-electron chi connectivity index (χ0n) is 17.2. The number of hydrogen-bond donors (Lipinski definition) is 2. The minimum Gasteiger partial charge on any atom is -0.507 e. The minimum absolute atomic E-state index is 0.0203. The van der Waals surface area contributed by atoms with E-state index >= 15 is 0 Å². The molecule has 28 heavy (non-hydrogen) atoms. The highest BCUT2D eigenvalue weighted by molar-refractivity contribution is 8.04. The van der Waals surface area contributed by atoms with Gasteiger partial charge in [-0.15, -0.1) is 10.2 Å². The standard InChI is InChI=1S/C20H27N5O2S/c1-19(2,3)13-7-12(8-14(18(13)27)20(4,5)6)9-17-25(16(26)11-28-17)10-15-21-23-24-22-15/h7-9,27H,10-11H2,1-6H3,(H,21,22,23,24). The lowest BCUT2D eigenvalue weighted by molar-refractivity contribution is -0.125. The number of thioether (sulfide) groups is 1. The smallest absolute Gasteiger partial charge is 0.238 e. The lowest BCUT2D eigenvalue weighted by Crippen LogP contribution is -2.24. The Morgan fingerprint density at radius 3 is 2.29 bits per heavy atom. The summed E-state index contributed by atoms with van der Waals surface area (Å²) in [6.45, 7) is 12.8. The molecule has 2 aromatic rings. The second kappa shape index (κ2) is 7.24. The first-order valence-corrected chi connectivity index (χ1v) is 10.2. The van der Waals surface area contributed by atoms with Gasteiger partial charge in [0.1, 0.15) is 5.75 Å².